The standard InChI is InChI=1S/C13H17NO5/c1-8(2)19-11(15)7-18-10-6-4-5-9(14)12(10)13(16)17-3/h4-6,8H,7,14H2,1-3H3. The highest BCUT2D eigenvalue weighted by Crippen LogP contribution is 2.25. The Labute approximate surface area is 111 Å². The van der Waals surface area contributed by atoms with Gasteiger partial charge < -0.3 is 19.9 Å². The smallest absolute Gasteiger partial charge is 0.344 e. The number of ether oxygens (including phenoxy) is 3. The van der Waals surface area contributed by atoms with Crippen molar-refractivity contribution in [1.82, 2.24) is 0 Å². The first-order valence-electron chi connectivity index (χ1n) is 5.74. The monoisotopic (exact) mass is 267 g/mol. The lowest BCUT2D eigenvalue weighted by atomic mass is 10.1. The summed E-state index contributed by atoms with van der Waals surface area (Å²) in [6.45, 7) is 3.17. The van der Waals surface area contributed by atoms with E-state index < -0.39 is 11.9 Å². The van der Waals surface area contributed by atoms with E-state index in [0.717, 1.165) is 0 Å². The van der Waals surface area contributed by atoms with Crippen LogP contribution in [-0.2, 0) is 14.3 Å². The van der Waals surface area contributed by atoms with E-state index in [4.69, 9.17) is 15.2 Å². The van der Waals surface area contributed by atoms with Crippen molar-refractivity contribution in [3.63, 3.8) is 0 Å². The summed E-state index contributed by atoms with van der Waals surface area (Å²) in [5.74, 6) is -0.953. The van der Waals surface area contributed by atoms with Gasteiger partial charge in [0.05, 0.1) is 13.2 Å². The van der Waals surface area contributed by atoms with Crippen molar-refractivity contribution in [3.05, 3.63) is 23.8 Å². The molecule has 1 aromatic rings. The Bertz CT molecular complexity index is 470. The minimum absolute atomic E-state index is 0.0994. The maximum Gasteiger partial charge on any atom is 0.344 e. The largest absolute Gasteiger partial charge is 0.481 e. The summed E-state index contributed by atoms with van der Waals surface area (Å²) in [5, 5.41) is 0. The lowest BCUT2D eigenvalue weighted by molar-refractivity contribution is -0.149. The molecule has 1 rings (SSSR count). The maximum atomic E-state index is 11.6. The highest BCUT2D eigenvalue weighted by Gasteiger charge is 2.17. The Balaban J connectivity index is 2.81. The fraction of sp³-hybridized carbons (Fsp3) is 0.385. The molecule has 0 atom stereocenters. The fourth-order valence-corrected chi connectivity index (χ4v) is 1.42. The molecule has 0 spiro atoms. The molecule has 0 unspecified atom stereocenters. The molecule has 0 saturated carbocycles. The normalized spacial score (nSPS) is 10.1. The number of nitrogens with two attached hydrogens (primary N) is 1. The van der Waals surface area contributed by atoms with Crippen LogP contribution in [0, 0.1) is 0 Å². The molecule has 0 amide bonds. The van der Waals surface area contributed by atoms with Crippen molar-refractivity contribution >= 4 is 17.6 Å². The van der Waals surface area contributed by atoms with Gasteiger partial charge in [0, 0.05) is 5.69 Å². The summed E-state index contributed by atoms with van der Waals surface area (Å²) in [7, 11) is 1.24. The lowest BCUT2D eigenvalue weighted by Crippen LogP contribution is -2.20. The number of benzene rings is 1. The molecular formula is C13H17NO5. The third-order valence-corrected chi connectivity index (χ3v) is 2.16. The molecule has 6 nitrogen and oxygen atoms in total. The summed E-state index contributed by atoms with van der Waals surface area (Å²) in [6, 6.07) is 4.70. The van der Waals surface area contributed by atoms with E-state index in [1.54, 1.807) is 26.0 Å². The number of hydrogen-bond acceptors (Lipinski definition) is 6. The van der Waals surface area contributed by atoms with Gasteiger partial charge in [-0.15, -0.1) is 0 Å². The predicted molar refractivity (Wildman–Crippen MR) is 68.9 cm³/mol. The molecule has 0 aliphatic carbocycles. The molecule has 104 valence electrons. The third-order valence-electron chi connectivity index (χ3n) is 2.16. The summed E-state index contributed by atoms with van der Waals surface area (Å²) in [6.07, 6.45) is -0.225. The second-order valence-corrected chi connectivity index (χ2v) is 4.04. The van der Waals surface area contributed by atoms with E-state index in [1.807, 2.05) is 0 Å². The Kier molecular flexibility index (Phi) is 5.17. The first-order chi connectivity index (χ1) is 8.95. The van der Waals surface area contributed by atoms with Crippen LogP contribution in [0.3, 0.4) is 0 Å². The van der Waals surface area contributed by atoms with Crippen molar-refractivity contribution in [2.24, 2.45) is 0 Å². The number of nitrogen functional groups attached to an aromatic ring is 1. The van der Waals surface area contributed by atoms with Crippen LogP contribution in [0.15, 0.2) is 18.2 Å². The minimum Gasteiger partial charge on any atom is -0.481 e. The number of carbonyl (C=O) groups is 2. The molecule has 2 N–H and O–H groups in total. The van der Waals surface area contributed by atoms with Gasteiger partial charge in [0.2, 0.25) is 0 Å². The second kappa shape index (κ2) is 6.63. The van der Waals surface area contributed by atoms with Gasteiger partial charge in [-0.2, -0.15) is 0 Å². The molecule has 0 aliphatic heterocycles. The summed E-state index contributed by atoms with van der Waals surface area (Å²) < 4.78 is 14.8. The Morgan fingerprint density at radius 1 is 1.32 bits per heavy atom. The summed E-state index contributed by atoms with van der Waals surface area (Å²) >= 11 is 0. The fourth-order valence-electron chi connectivity index (χ4n) is 1.42. The van der Waals surface area contributed by atoms with E-state index in [1.165, 1.54) is 13.2 Å². The second-order valence-electron chi connectivity index (χ2n) is 4.04. The average molecular weight is 267 g/mol. The van der Waals surface area contributed by atoms with Gasteiger partial charge in [-0.25, -0.2) is 9.59 Å². The Morgan fingerprint density at radius 2 is 2.00 bits per heavy atom. The van der Waals surface area contributed by atoms with Crippen molar-refractivity contribution in [3.8, 4) is 5.75 Å². The van der Waals surface area contributed by atoms with Crippen LogP contribution in [0.25, 0.3) is 0 Å². The van der Waals surface area contributed by atoms with E-state index in [-0.39, 0.29) is 29.7 Å². The quantitative estimate of drug-likeness (QED) is 0.640. The SMILES string of the molecule is COC(=O)c1c(N)cccc1OCC(=O)OC(C)C. The Hall–Kier alpha value is -2.24. The highest BCUT2D eigenvalue weighted by atomic mass is 16.6. The highest BCUT2D eigenvalue weighted by molar-refractivity contribution is 5.98. The van der Waals surface area contributed by atoms with E-state index in [2.05, 4.69) is 4.74 Å². The molecule has 0 saturated heterocycles. The number of rotatable bonds is 5. The van der Waals surface area contributed by atoms with Crippen LogP contribution in [0.2, 0.25) is 0 Å². The van der Waals surface area contributed by atoms with Crippen LogP contribution < -0.4 is 10.5 Å². The molecule has 6 heteroatoms. The molecule has 0 heterocycles. The van der Waals surface area contributed by atoms with E-state index >= 15 is 0 Å². The molecule has 0 radical (unpaired) electrons. The maximum absolute atomic E-state index is 11.6. The van der Waals surface area contributed by atoms with Gasteiger partial charge in [0.15, 0.2) is 6.61 Å². The minimum atomic E-state index is -0.620. The summed E-state index contributed by atoms with van der Waals surface area (Å²) in [5.41, 5.74) is 6.01. The van der Waals surface area contributed by atoms with Gasteiger partial charge >= 0.3 is 11.9 Å². The first kappa shape index (κ1) is 14.8. The average Bonchev–Trinajstić information content (AvgIpc) is 2.34. The van der Waals surface area contributed by atoms with Crippen molar-refractivity contribution in [1.29, 1.82) is 0 Å². The zero-order valence-corrected chi connectivity index (χ0v) is 11.1. The third kappa shape index (κ3) is 4.17. The topological polar surface area (TPSA) is 87.9 Å². The molecule has 1 aromatic carbocycles. The summed E-state index contributed by atoms with van der Waals surface area (Å²) in [4.78, 5) is 22.9. The molecule has 0 fully saturated rings. The van der Waals surface area contributed by atoms with Crippen molar-refractivity contribution in [2.45, 2.75) is 20.0 Å². The molecule has 0 aromatic heterocycles. The predicted octanol–water partition coefficient (Wildman–Crippen LogP) is 1.39. The van der Waals surface area contributed by atoms with Crippen LogP contribution in [-0.4, -0.2) is 31.8 Å². The van der Waals surface area contributed by atoms with Crippen LogP contribution >= 0.6 is 0 Å². The van der Waals surface area contributed by atoms with Crippen molar-refractivity contribution in [2.75, 3.05) is 19.5 Å². The van der Waals surface area contributed by atoms with Gasteiger partial charge in [-0.1, -0.05) is 6.07 Å². The number of anilines is 1. The Morgan fingerprint density at radius 3 is 2.58 bits per heavy atom. The van der Waals surface area contributed by atoms with E-state index in [0.29, 0.717) is 0 Å². The van der Waals surface area contributed by atoms with Gasteiger partial charge in [0.25, 0.3) is 0 Å². The lowest BCUT2D eigenvalue weighted by Gasteiger charge is -2.12. The molecule has 0 aliphatic rings. The van der Waals surface area contributed by atoms with Gasteiger partial charge in [0.1, 0.15) is 11.3 Å². The van der Waals surface area contributed by atoms with Gasteiger partial charge in [-0.3, -0.25) is 0 Å². The number of hydrogen-bond donors (Lipinski definition) is 1. The van der Waals surface area contributed by atoms with Crippen LogP contribution in [0.1, 0.15) is 24.2 Å². The molecule has 19 heavy (non-hydrogen) atoms. The number of carbonyl (C=O) groups excluding carboxylic acids is 2. The number of methoxy groups -OCH3 is 1. The zero-order chi connectivity index (χ0) is 14.4. The molecule has 0 bridgehead atoms. The van der Waals surface area contributed by atoms with E-state index in [9.17, 15) is 9.59 Å². The zero-order valence-electron chi connectivity index (χ0n) is 11.1. The van der Waals surface area contributed by atoms with Gasteiger partial charge in [-0.05, 0) is 26.0 Å². The molecular weight excluding hydrogens is 250 g/mol. The van der Waals surface area contributed by atoms with Crippen molar-refractivity contribution < 1.29 is 23.8 Å². The van der Waals surface area contributed by atoms with Crippen LogP contribution in [0.5, 0.6) is 5.75 Å². The first-order valence-corrected chi connectivity index (χ1v) is 5.74. The number of esters is 2. The van der Waals surface area contributed by atoms with Crippen LogP contribution in [0.4, 0.5) is 5.69 Å².